The molecule has 0 saturated heterocycles. The fourth-order valence-electron chi connectivity index (χ4n) is 0.582. The molecule has 12 heavy (non-hydrogen) atoms. The van der Waals surface area contributed by atoms with E-state index < -0.39 is 0 Å². The van der Waals surface area contributed by atoms with Crippen LogP contribution in [0.2, 0.25) is 0 Å². The third-order valence-corrected chi connectivity index (χ3v) is 1.98. The van der Waals surface area contributed by atoms with Crippen LogP contribution in [0.5, 0.6) is 0 Å². The first-order chi connectivity index (χ1) is 5.40. The van der Waals surface area contributed by atoms with Crippen molar-refractivity contribution < 1.29 is 9.53 Å². The molecule has 2 heteroatoms. The second-order valence-corrected chi connectivity index (χ2v) is 4.23. The third-order valence-electron chi connectivity index (χ3n) is 1.98. The lowest BCUT2D eigenvalue weighted by Gasteiger charge is -2.20. The summed E-state index contributed by atoms with van der Waals surface area (Å²) in [4.78, 5) is 11.4. The van der Waals surface area contributed by atoms with Crippen LogP contribution in [0.15, 0.2) is 0 Å². The van der Waals surface area contributed by atoms with Crippen molar-refractivity contribution in [1.29, 1.82) is 0 Å². The molecule has 0 aliphatic rings. The molecule has 0 radical (unpaired) electrons. The van der Waals surface area contributed by atoms with Crippen molar-refractivity contribution in [3.63, 3.8) is 0 Å². The average Bonchev–Trinajstić information content (AvgIpc) is 2.00. The van der Waals surface area contributed by atoms with Crippen LogP contribution < -0.4 is 0 Å². The fraction of sp³-hybridized carbons (Fsp3) is 0.900. The number of hydrogen-bond acceptors (Lipinski definition) is 2. The molecule has 0 N–H and O–H groups in total. The van der Waals surface area contributed by atoms with Crippen molar-refractivity contribution in [3.8, 4) is 0 Å². The van der Waals surface area contributed by atoms with Crippen LogP contribution in [-0.4, -0.2) is 12.6 Å². The molecule has 0 heterocycles. The predicted molar refractivity (Wildman–Crippen MR) is 49.9 cm³/mol. The van der Waals surface area contributed by atoms with Crippen LogP contribution in [0.4, 0.5) is 0 Å². The van der Waals surface area contributed by atoms with E-state index in [4.69, 9.17) is 4.74 Å². The van der Waals surface area contributed by atoms with Crippen LogP contribution in [-0.2, 0) is 9.53 Å². The molecule has 2 nitrogen and oxygen atoms in total. The van der Waals surface area contributed by atoms with Gasteiger partial charge in [0.2, 0.25) is 0 Å². The molecule has 0 spiro atoms. The van der Waals surface area contributed by atoms with Gasteiger partial charge in [0, 0.05) is 0 Å². The van der Waals surface area contributed by atoms with Crippen molar-refractivity contribution in [1.82, 2.24) is 0 Å². The lowest BCUT2D eigenvalue weighted by molar-refractivity contribution is -0.155. The Morgan fingerprint density at radius 1 is 1.42 bits per heavy atom. The number of hydrogen-bond donors (Lipinski definition) is 0. The van der Waals surface area contributed by atoms with E-state index in [-0.39, 0.29) is 11.4 Å². The van der Waals surface area contributed by atoms with Gasteiger partial charge in [-0.1, -0.05) is 20.8 Å². The largest absolute Gasteiger partial charge is 0.465 e. The Bertz CT molecular complexity index is 148. The maximum Gasteiger partial charge on any atom is 0.311 e. The normalized spacial score (nSPS) is 11.8. The highest BCUT2D eigenvalue weighted by Crippen LogP contribution is 2.21. The number of esters is 1. The van der Waals surface area contributed by atoms with Crippen molar-refractivity contribution >= 4 is 5.97 Å². The summed E-state index contributed by atoms with van der Waals surface area (Å²) in [6.45, 7) is 10.4. The first-order valence-electron chi connectivity index (χ1n) is 4.57. The highest BCUT2D eigenvalue weighted by atomic mass is 16.5. The van der Waals surface area contributed by atoms with Gasteiger partial charge in [0.05, 0.1) is 12.0 Å². The number of rotatable bonds is 4. The van der Waals surface area contributed by atoms with Gasteiger partial charge in [0.15, 0.2) is 0 Å². The number of carbonyl (C=O) groups excluding carboxylic acids is 1. The van der Waals surface area contributed by atoms with Crippen molar-refractivity contribution in [2.24, 2.45) is 11.3 Å². The highest BCUT2D eigenvalue weighted by Gasteiger charge is 2.26. The van der Waals surface area contributed by atoms with E-state index >= 15 is 0 Å². The molecule has 0 aromatic carbocycles. The monoisotopic (exact) mass is 172 g/mol. The molecular formula is C10H20O2. The van der Waals surface area contributed by atoms with Gasteiger partial charge in [-0.25, -0.2) is 0 Å². The Morgan fingerprint density at radius 3 is 2.25 bits per heavy atom. The summed E-state index contributed by atoms with van der Waals surface area (Å²) in [6, 6.07) is 0. The molecule has 0 bridgehead atoms. The summed E-state index contributed by atoms with van der Waals surface area (Å²) in [5.41, 5.74) is -0.325. The Hall–Kier alpha value is -0.530. The molecule has 0 rings (SSSR count). The van der Waals surface area contributed by atoms with Gasteiger partial charge in [0.1, 0.15) is 0 Å². The first kappa shape index (κ1) is 11.5. The third kappa shape index (κ3) is 3.74. The second-order valence-electron chi connectivity index (χ2n) is 4.23. The minimum Gasteiger partial charge on any atom is -0.465 e. The maximum atomic E-state index is 11.4. The zero-order valence-corrected chi connectivity index (χ0v) is 8.81. The van der Waals surface area contributed by atoms with Crippen LogP contribution in [0.3, 0.4) is 0 Å². The Balaban J connectivity index is 3.88. The topological polar surface area (TPSA) is 26.3 Å². The van der Waals surface area contributed by atoms with Crippen LogP contribution in [0.1, 0.15) is 41.0 Å². The smallest absolute Gasteiger partial charge is 0.311 e. The van der Waals surface area contributed by atoms with Crippen LogP contribution >= 0.6 is 0 Å². The second kappa shape index (κ2) is 4.48. The molecule has 0 unspecified atom stereocenters. The molecule has 0 aliphatic heterocycles. The summed E-state index contributed by atoms with van der Waals surface area (Å²) >= 11 is 0. The van der Waals surface area contributed by atoms with Gasteiger partial charge < -0.3 is 4.74 Å². The van der Waals surface area contributed by atoms with Gasteiger partial charge in [-0.05, 0) is 26.2 Å². The Labute approximate surface area is 75.3 Å². The molecule has 0 fully saturated rings. The molecule has 0 atom stereocenters. The van der Waals surface area contributed by atoms with Gasteiger partial charge >= 0.3 is 5.97 Å². The average molecular weight is 172 g/mol. The standard InChI is InChI=1S/C10H20O2/c1-6-10(4,5)9(11)12-7-8(2)3/h8H,6-7H2,1-5H3. The summed E-state index contributed by atoms with van der Waals surface area (Å²) in [5, 5.41) is 0. The summed E-state index contributed by atoms with van der Waals surface area (Å²) in [7, 11) is 0. The van der Waals surface area contributed by atoms with E-state index in [0.717, 1.165) is 6.42 Å². The van der Waals surface area contributed by atoms with E-state index in [1.807, 2.05) is 34.6 Å². The lowest BCUT2D eigenvalue weighted by atomic mass is 9.91. The molecular weight excluding hydrogens is 152 g/mol. The first-order valence-corrected chi connectivity index (χ1v) is 4.57. The molecule has 0 aliphatic carbocycles. The van der Waals surface area contributed by atoms with Crippen LogP contribution in [0.25, 0.3) is 0 Å². The molecule has 0 amide bonds. The zero-order valence-electron chi connectivity index (χ0n) is 8.81. The molecule has 0 aromatic rings. The lowest BCUT2D eigenvalue weighted by Crippen LogP contribution is -2.26. The predicted octanol–water partition coefficient (Wildman–Crippen LogP) is 2.62. The highest BCUT2D eigenvalue weighted by molar-refractivity contribution is 5.75. The molecule has 72 valence electrons. The van der Waals surface area contributed by atoms with Gasteiger partial charge in [-0.2, -0.15) is 0 Å². The zero-order chi connectivity index (χ0) is 9.78. The minimum atomic E-state index is -0.325. The van der Waals surface area contributed by atoms with E-state index in [0.29, 0.717) is 12.5 Å². The summed E-state index contributed by atoms with van der Waals surface area (Å²) in [6.07, 6.45) is 0.823. The maximum absolute atomic E-state index is 11.4. The number of carbonyl (C=O) groups is 1. The summed E-state index contributed by atoms with van der Waals surface area (Å²) in [5.74, 6) is 0.334. The number of ether oxygens (including phenoxy) is 1. The van der Waals surface area contributed by atoms with Gasteiger partial charge in [-0.3, -0.25) is 4.79 Å². The Kier molecular flexibility index (Phi) is 4.29. The molecule has 0 aromatic heterocycles. The van der Waals surface area contributed by atoms with Crippen LogP contribution in [0, 0.1) is 11.3 Å². The minimum absolute atomic E-state index is 0.0845. The van der Waals surface area contributed by atoms with Gasteiger partial charge in [0.25, 0.3) is 0 Å². The van der Waals surface area contributed by atoms with E-state index in [2.05, 4.69) is 0 Å². The quantitative estimate of drug-likeness (QED) is 0.609. The SMILES string of the molecule is CCC(C)(C)C(=O)OCC(C)C. The summed E-state index contributed by atoms with van der Waals surface area (Å²) < 4.78 is 5.12. The van der Waals surface area contributed by atoms with E-state index in [9.17, 15) is 4.79 Å². The van der Waals surface area contributed by atoms with Crippen molar-refractivity contribution in [2.45, 2.75) is 41.0 Å². The fourth-order valence-corrected chi connectivity index (χ4v) is 0.582. The van der Waals surface area contributed by atoms with E-state index in [1.54, 1.807) is 0 Å². The van der Waals surface area contributed by atoms with Crippen molar-refractivity contribution in [3.05, 3.63) is 0 Å². The van der Waals surface area contributed by atoms with Crippen molar-refractivity contribution in [2.75, 3.05) is 6.61 Å². The Morgan fingerprint density at radius 2 is 1.92 bits per heavy atom. The van der Waals surface area contributed by atoms with E-state index in [1.165, 1.54) is 0 Å². The van der Waals surface area contributed by atoms with Gasteiger partial charge in [-0.15, -0.1) is 0 Å². The molecule has 0 saturated carbocycles.